The number of aromatic nitrogens is 1. The Bertz CT molecular complexity index is 2000. The van der Waals surface area contributed by atoms with Gasteiger partial charge in [-0.15, -0.1) is 0 Å². The Morgan fingerprint density at radius 3 is 2.44 bits per heavy atom. The molecule has 11 heteroatoms. The molecule has 260 valence electrons. The summed E-state index contributed by atoms with van der Waals surface area (Å²) >= 11 is 0. The van der Waals surface area contributed by atoms with Gasteiger partial charge in [0.25, 0.3) is 11.5 Å². The highest BCUT2D eigenvalue weighted by molar-refractivity contribution is 6.72. The van der Waals surface area contributed by atoms with Crippen molar-refractivity contribution in [1.82, 2.24) is 9.47 Å². The Morgan fingerprint density at radius 2 is 1.74 bits per heavy atom. The number of pyridine rings is 1. The maximum Gasteiger partial charge on any atom is 0.297 e. The van der Waals surface area contributed by atoms with Gasteiger partial charge in [-0.05, 0) is 66.5 Å². The number of carbonyl (C=O) groups excluding carboxylic acids is 2. The third-order valence-corrected chi connectivity index (χ3v) is 13.3. The summed E-state index contributed by atoms with van der Waals surface area (Å²) in [5.41, 5.74) is 2.00. The second-order valence-corrected chi connectivity index (χ2v) is 17.9. The van der Waals surface area contributed by atoms with Crippen LogP contribution in [0.3, 0.4) is 0 Å². The van der Waals surface area contributed by atoms with Gasteiger partial charge in [0.15, 0.2) is 11.4 Å². The van der Waals surface area contributed by atoms with Gasteiger partial charge in [-0.3, -0.25) is 19.0 Å². The van der Waals surface area contributed by atoms with E-state index >= 15 is 4.11 Å². The molecule has 0 aliphatic carbocycles. The topological polar surface area (TPSA) is 101 Å². The number of hydrogen-bond donors (Lipinski definition) is 1. The lowest BCUT2D eigenvalue weighted by atomic mass is 9.82. The summed E-state index contributed by atoms with van der Waals surface area (Å²) in [5.74, 6) is -1.04. The van der Waals surface area contributed by atoms with Crippen molar-refractivity contribution in [3.63, 3.8) is 0 Å². The van der Waals surface area contributed by atoms with E-state index < -0.39 is 37.6 Å². The van der Waals surface area contributed by atoms with Gasteiger partial charge in [-0.2, -0.15) is 0 Å². The van der Waals surface area contributed by atoms with Gasteiger partial charge in [0.1, 0.15) is 0 Å². The molecular formula is C39H42FN3O6Si. The maximum absolute atomic E-state index is 16.6. The summed E-state index contributed by atoms with van der Waals surface area (Å²) in [7, 11) is -2.14. The number of nitrogens with zero attached hydrogens (tertiary/aromatic N) is 3. The van der Waals surface area contributed by atoms with Crippen molar-refractivity contribution in [2.24, 2.45) is 5.92 Å². The van der Waals surface area contributed by atoms with Crippen molar-refractivity contribution in [1.29, 1.82) is 0 Å². The zero-order valence-corrected chi connectivity index (χ0v) is 29.7. The van der Waals surface area contributed by atoms with Gasteiger partial charge in [0.05, 0.1) is 44.5 Å². The highest BCUT2D eigenvalue weighted by Crippen LogP contribution is 2.60. The monoisotopic (exact) mass is 695 g/mol. The summed E-state index contributed by atoms with van der Waals surface area (Å²) in [4.78, 5) is 45.8. The molecule has 2 amide bonds. The van der Waals surface area contributed by atoms with E-state index in [1.54, 1.807) is 53.4 Å². The Labute approximate surface area is 292 Å². The molecule has 3 aliphatic heterocycles. The molecule has 0 bridgehead atoms. The number of fused-ring (bicyclic) bond motifs is 3. The number of hydrogen-bond acceptors (Lipinski definition) is 6. The van der Waals surface area contributed by atoms with Crippen molar-refractivity contribution < 1.29 is 28.3 Å². The van der Waals surface area contributed by atoms with E-state index in [1.165, 1.54) is 11.7 Å². The summed E-state index contributed by atoms with van der Waals surface area (Å²) in [6, 6.07) is 25.7. The van der Waals surface area contributed by atoms with Gasteiger partial charge in [-0.25, -0.2) is 0 Å². The van der Waals surface area contributed by atoms with Crippen LogP contribution in [0.15, 0.2) is 95.9 Å². The standard InChI is InChI=1S/C39H42FN3O6Si/c1-25-36(50(3,4)40)34(21-35(45)42-23-28-14-9-8-13-27(28)19-30(42)24-44)49-39(25)31-20-29(41-18-10-15-33(48-2)37(41)46)16-17-32(31)43(38(39)47)22-26-11-6-5-7-12-26/h5-18,20,25,30,34,36,44H,19,21-24H2,1-4H3/t25-,30-,34+,36-,39+/m0/s1. The summed E-state index contributed by atoms with van der Waals surface area (Å²) < 4.78 is 30.3. The van der Waals surface area contributed by atoms with Crippen LogP contribution in [0.25, 0.3) is 5.69 Å². The molecule has 1 N–H and O–H groups in total. The van der Waals surface area contributed by atoms with Crippen molar-refractivity contribution in [2.75, 3.05) is 18.6 Å². The van der Waals surface area contributed by atoms with E-state index in [0.29, 0.717) is 29.9 Å². The first-order valence-electron chi connectivity index (χ1n) is 17.1. The van der Waals surface area contributed by atoms with Crippen LogP contribution in [-0.4, -0.2) is 60.7 Å². The van der Waals surface area contributed by atoms with Crippen LogP contribution in [0.2, 0.25) is 18.6 Å². The third-order valence-electron chi connectivity index (χ3n) is 10.8. The van der Waals surface area contributed by atoms with Crippen LogP contribution in [0.1, 0.15) is 35.6 Å². The first kappa shape index (κ1) is 33.9. The van der Waals surface area contributed by atoms with Crippen molar-refractivity contribution in [3.8, 4) is 11.4 Å². The van der Waals surface area contributed by atoms with Crippen LogP contribution >= 0.6 is 0 Å². The average molecular weight is 696 g/mol. The Kier molecular flexibility index (Phi) is 8.78. The fourth-order valence-electron chi connectivity index (χ4n) is 8.47. The molecule has 1 fully saturated rings. The molecule has 3 aromatic carbocycles. The minimum atomic E-state index is -3.58. The minimum absolute atomic E-state index is 0.133. The molecule has 1 spiro atoms. The van der Waals surface area contributed by atoms with Crippen LogP contribution in [0.5, 0.6) is 5.75 Å². The predicted octanol–water partition coefficient (Wildman–Crippen LogP) is 5.50. The van der Waals surface area contributed by atoms with Crippen LogP contribution in [-0.2, 0) is 39.4 Å². The number of rotatable bonds is 8. The van der Waals surface area contributed by atoms with Crippen molar-refractivity contribution >= 4 is 25.9 Å². The number of benzene rings is 3. The van der Waals surface area contributed by atoms with Crippen LogP contribution in [0, 0.1) is 5.92 Å². The SMILES string of the molecule is COc1cccn(-c2ccc3c(c2)[C@@]2(O[C@H](CC(=O)N4Cc5ccccc5C[C@H]4CO)[C@@H]([Si](C)(C)F)[C@@H]2C)C(=O)N3Cc2ccccc2)c1=O. The van der Waals surface area contributed by atoms with Crippen LogP contribution < -0.4 is 15.2 Å². The number of anilines is 1. The first-order chi connectivity index (χ1) is 24.0. The fraction of sp³-hybridized carbons (Fsp3) is 0.359. The van der Waals surface area contributed by atoms with Gasteiger partial charge in [0, 0.05) is 35.5 Å². The predicted molar refractivity (Wildman–Crippen MR) is 190 cm³/mol. The molecule has 0 unspecified atom stereocenters. The number of methoxy groups -OCH3 is 1. The first-order valence-corrected chi connectivity index (χ1v) is 20.0. The summed E-state index contributed by atoms with van der Waals surface area (Å²) in [6.45, 7) is 5.46. The Morgan fingerprint density at radius 1 is 1.02 bits per heavy atom. The molecule has 4 heterocycles. The van der Waals surface area contributed by atoms with E-state index in [9.17, 15) is 19.5 Å². The summed E-state index contributed by atoms with van der Waals surface area (Å²) in [6.07, 6.45) is 1.13. The minimum Gasteiger partial charge on any atom is -0.491 e. The molecule has 0 saturated carbocycles. The lowest BCUT2D eigenvalue weighted by molar-refractivity contribution is -0.151. The molecule has 1 aromatic heterocycles. The molecular weight excluding hydrogens is 654 g/mol. The van der Waals surface area contributed by atoms with E-state index in [0.717, 1.165) is 16.7 Å². The molecule has 1 saturated heterocycles. The molecule has 5 atom stereocenters. The van der Waals surface area contributed by atoms with Gasteiger partial charge in [0.2, 0.25) is 14.3 Å². The largest absolute Gasteiger partial charge is 0.491 e. The van der Waals surface area contributed by atoms with Crippen LogP contribution in [0.4, 0.5) is 9.80 Å². The number of halogens is 1. The molecule has 50 heavy (non-hydrogen) atoms. The maximum atomic E-state index is 16.6. The van der Waals surface area contributed by atoms with E-state index in [4.69, 9.17) is 9.47 Å². The zero-order valence-electron chi connectivity index (χ0n) is 28.7. The molecule has 0 radical (unpaired) electrons. The van der Waals surface area contributed by atoms with Gasteiger partial charge < -0.3 is 28.5 Å². The van der Waals surface area contributed by atoms with E-state index in [1.807, 2.05) is 67.6 Å². The number of carbonyl (C=O) groups is 2. The van der Waals surface area contributed by atoms with Crippen molar-refractivity contribution in [3.05, 3.63) is 124 Å². The van der Waals surface area contributed by atoms with E-state index in [-0.39, 0.29) is 42.7 Å². The second-order valence-electron chi connectivity index (χ2n) is 14.1. The molecule has 4 aromatic rings. The van der Waals surface area contributed by atoms with E-state index in [2.05, 4.69) is 0 Å². The Hall–Kier alpha value is -4.58. The molecule has 9 nitrogen and oxygen atoms in total. The number of aliphatic hydroxyl groups excluding tert-OH is 1. The lowest BCUT2D eigenvalue weighted by Gasteiger charge is -2.37. The normalized spacial score (nSPS) is 24.4. The van der Waals surface area contributed by atoms with Crippen molar-refractivity contribution in [2.45, 2.75) is 69.2 Å². The molecule has 3 aliphatic rings. The number of aliphatic hydroxyl groups is 1. The quantitative estimate of drug-likeness (QED) is 0.193. The summed E-state index contributed by atoms with van der Waals surface area (Å²) in [5, 5.41) is 10.3. The third kappa shape index (κ3) is 5.57. The highest BCUT2D eigenvalue weighted by Gasteiger charge is 2.67. The fourth-order valence-corrected chi connectivity index (χ4v) is 11.0. The second kappa shape index (κ2) is 12.9. The van der Waals surface area contributed by atoms with Gasteiger partial charge >= 0.3 is 0 Å². The molecule has 7 rings (SSSR count). The number of ether oxygens (including phenoxy) is 2. The van der Waals surface area contributed by atoms with Gasteiger partial charge in [-0.1, -0.05) is 61.5 Å². The Balaban J connectivity index is 1.31. The lowest BCUT2D eigenvalue weighted by Crippen LogP contribution is -2.48. The number of amides is 2. The highest BCUT2D eigenvalue weighted by atomic mass is 28.4. The zero-order chi connectivity index (χ0) is 35.4. The smallest absolute Gasteiger partial charge is 0.297 e. The average Bonchev–Trinajstić information content (AvgIpc) is 3.53.